The summed E-state index contributed by atoms with van der Waals surface area (Å²) < 4.78 is 0. The Balaban J connectivity index is 1.49. The van der Waals surface area contributed by atoms with Gasteiger partial charge in [0, 0.05) is 36.2 Å². The number of hydrogen-bond donors (Lipinski definition) is 1. The summed E-state index contributed by atoms with van der Waals surface area (Å²) in [4.78, 5) is 6.04. The second-order valence-corrected chi connectivity index (χ2v) is 5.89. The molecule has 0 spiro atoms. The monoisotopic (exact) mass is 252 g/mol. The molecule has 2 heteroatoms. The predicted molar refractivity (Wildman–Crippen MR) is 79.2 cm³/mol. The molecular formula is C17H20N2. The van der Waals surface area contributed by atoms with Crippen molar-refractivity contribution in [1.29, 1.82) is 0 Å². The number of aromatic nitrogens is 1. The first-order valence-electron chi connectivity index (χ1n) is 7.37. The van der Waals surface area contributed by atoms with Crippen LogP contribution in [0.1, 0.15) is 18.4 Å². The Morgan fingerprint density at radius 1 is 1.16 bits per heavy atom. The SMILES string of the molecule is C1=C[C@@H]2CC[C@@H]1CN2CCc1c[nH]c2ccccc12. The molecule has 0 saturated carbocycles. The maximum Gasteiger partial charge on any atom is 0.0456 e. The lowest BCUT2D eigenvalue weighted by Crippen LogP contribution is -2.45. The number of hydrogen-bond acceptors (Lipinski definition) is 1. The van der Waals surface area contributed by atoms with Gasteiger partial charge in [0.1, 0.15) is 0 Å². The summed E-state index contributed by atoms with van der Waals surface area (Å²) in [6.07, 6.45) is 10.9. The molecule has 1 aromatic carbocycles. The molecule has 3 heterocycles. The molecule has 0 unspecified atom stereocenters. The molecule has 3 aliphatic rings. The van der Waals surface area contributed by atoms with Crippen molar-refractivity contribution < 1.29 is 0 Å². The lowest BCUT2D eigenvalue weighted by Gasteiger charge is -2.41. The van der Waals surface area contributed by atoms with E-state index in [2.05, 4.69) is 52.5 Å². The molecule has 1 saturated heterocycles. The van der Waals surface area contributed by atoms with E-state index in [0.29, 0.717) is 6.04 Å². The van der Waals surface area contributed by atoms with Gasteiger partial charge in [0.05, 0.1) is 0 Å². The van der Waals surface area contributed by atoms with Gasteiger partial charge in [-0.1, -0.05) is 30.4 Å². The molecule has 0 radical (unpaired) electrons. The first kappa shape index (κ1) is 11.3. The molecule has 0 amide bonds. The number of para-hydroxylation sites is 1. The average molecular weight is 252 g/mol. The molecule has 5 rings (SSSR count). The molecule has 1 N–H and O–H groups in total. The van der Waals surface area contributed by atoms with Crippen molar-refractivity contribution >= 4 is 10.9 Å². The third kappa shape index (κ3) is 2.00. The van der Waals surface area contributed by atoms with E-state index < -0.39 is 0 Å². The molecule has 1 aromatic heterocycles. The fourth-order valence-corrected chi connectivity index (χ4v) is 3.62. The Labute approximate surface area is 114 Å². The third-order valence-corrected chi connectivity index (χ3v) is 4.72. The molecule has 98 valence electrons. The Morgan fingerprint density at radius 3 is 2.89 bits per heavy atom. The normalized spacial score (nSPS) is 26.3. The van der Waals surface area contributed by atoms with Gasteiger partial charge in [-0.05, 0) is 36.8 Å². The van der Waals surface area contributed by atoms with E-state index in [1.807, 2.05) is 0 Å². The van der Waals surface area contributed by atoms with Crippen LogP contribution in [0, 0.1) is 5.92 Å². The van der Waals surface area contributed by atoms with Gasteiger partial charge >= 0.3 is 0 Å². The van der Waals surface area contributed by atoms with Crippen molar-refractivity contribution in [1.82, 2.24) is 9.88 Å². The molecule has 1 aliphatic carbocycles. The summed E-state index contributed by atoms with van der Waals surface area (Å²) in [7, 11) is 0. The van der Waals surface area contributed by atoms with Crippen LogP contribution < -0.4 is 0 Å². The average Bonchev–Trinajstić information content (AvgIpc) is 2.90. The van der Waals surface area contributed by atoms with Crippen molar-refractivity contribution in [2.24, 2.45) is 5.92 Å². The minimum Gasteiger partial charge on any atom is -0.361 e. The van der Waals surface area contributed by atoms with Crippen LogP contribution in [-0.4, -0.2) is 29.0 Å². The maximum absolute atomic E-state index is 3.38. The highest BCUT2D eigenvalue weighted by molar-refractivity contribution is 5.83. The van der Waals surface area contributed by atoms with Gasteiger partial charge in [-0.3, -0.25) is 4.90 Å². The summed E-state index contributed by atoms with van der Waals surface area (Å²) in [6.45, 7) is 2.46. The third-order valence-electron chi connectivity index (χ3n) is 4.72. The lowest BCUT2D eigenvalue weighted by molar-refractivity contribution is 0.139. The van der Waals surface area contributed by atoms with Crippen LogP contribution in [0.15, 0.2) is 42.6 Å². The van der Waals surface area contributed by atoms with E-state index in [4.69, 9.17) is 0 Å². The highest BCUT2D eigenvalue weighted by Gasteiger charge is 2.29. The molecular weight excluding hydrogens is 232 g/mol. The van der Waals surface area contributed by atoms with Crippen molar-refractivity contribution in [3.63, 3.8) is 0 Å². The van der Waals surface area contributed by atoms with Crippen LogP contribution in [0.4, 0.5) is 0 Å². The highest BCUT2D eigenvalue weighted by atomic mass is 15.2. The Hall–Kier alpha value is -1.54. The van der Waals surface area contributed by atoms with Crippen molar-refractivity contribution in [2.75, 3.05) is 13.1 Å². The molecule has 2 aliphatic heterocycles. The van der Waals surface area contributed by atoms with E-state index in [9.17, 15) is 0 Å². The Morgan fingerprint density at radius 2 is 2.11 bits per heavy atom. The molecule has 1 fully saturated rings. The van der Waals surface area contributed by atoms with Crippen molar-refractivity contribution in [3.05, 3.63) is 48.2 Å². The van der Waals surface area contributed by atoms with Gasteiger partial charge in [-0.15, -0.1) is 0 Å². The zero-order valence-electron chi connectivity index (χ0n) is 11.2. The molecule has 2 atom stereocenters. The van der Waals surface area contributed by atoms with Crippen LogP contribution in [0.5, 0.6) is 0 Å². The standard InChI is InChI=1S/C17H20N2/c1-2-4-17-16(3-1)14(11-18-17)9-10-19-12-13-5-7-15(19)8-6-13/h1-5,7,11,13,15,18H,6,8-10,12H2/t13-,15-/m1/s1. The Bertz CT molecular complexity index is 611. The minimum absolute atomic E-state index is 0.704. The Kier molecular flexibility index (Phi) is 2.70. The van der Waals surface area contributed by atoms with Gasteiger partial charge in [-0.2, -0.15) is 0 Å². The second kappa shape index (κ2) is 4.53. The number of aromatic amines is 1. The smallest absolute Gasteiger partial charge is 0.0456 e. The zero-order valence-corrected chi connectivity index (χ0v) is 11.2. The molecule has 2 bridgehead atoms. The molecule has 19 heavy (non-hydrogen) atoms. The van der Waals surface area contributed by atoms with Crippen molar-refractivity contribution in [3.8, 4) is 0 Å². The number of piperidine rings is 1. The summed E-state index contributed by atoms with van der Waals surface area (Å²) in [5.41, 5.74) is 2.72. The van der Waals surface area contributed by atoms with Gasteiger partial charge < -0.3 is 4.98 Å². The van der Waals surface area contributed by atoms with E-state index >= 15 is 0 Å². The summed E-state index contributed by atoms with van der Waals surface area (Å²) in [6, 6.07) is 9.31. The summed E-state index contributed by atoms with van der Waals surface area (Å²) >= 11 is 0. The van der Waals surface area contributed by atoms with Crippen LogP contribution >= 0.6 is 0 Å². The highest BCUT2D eigenvalue weighted by Crippen LogP contribution is 2.29. The van der Waals surface area contributed by atoms with Gasteiger partial charge in [0.25, 0.3) is 0 Å². The topological polar surface area (TPSA) is 19.0 Å². The number of nitrogens with one attached hydrogen (secondary N) is 1. The van der Waals surface area contributed by atoms with Crippen LogP contribution in [-0.2, 0) is 6.42 Å². The van der Waals surface area contributed by atoms with Crippen molar-refractivity contribution in [2.45, 2.75) is 25.3 Å². The molecule has 2 nitrogen and oxygen atoms in total. The number of fused-ring (bicyclic) bond motifs is 3. The largest absolute Gasteiger partial charge is 0.361 e. The fraction of sp³-hybridized carbons (Fsp3) is 0.412. The number of benzene rings is 1. The van der Waals surface area contributed by atoms with E-state index in [1.54, 1.807) is 0 Å². The zero-order chi connectivity index (χ0) is 12.7. The van der Waals surface area contributed by atoms with Crippen LogP contribution in [0.3, 0.4) is 0 Å². The summed E-state index contributed by atoms with van der Waals surface area (Å²) in [5.74, 6) is 0.813. The lowest BCUT2D eigenvalue weighted by atomic mass is 9.86. The molecule has 2 aromatic rings. The van der Waals surface area contributed by atoms with Crippen LogP contribution in [0.2, 0.25) is 0 Å². The minimum atomic E-state index is 0.704. The second-order valence-electron chi connectivity index (χ2n) is 5.89. The van der Waals surface area contributed by atoms with E-state index in [-0.39, 0.29) is 0 Å². The summed E-state index contributed by atoms with van der Waals surface area (Å²) in [5, 5.41) is 1.39. The quantitative estimate of drug-likeness (QED) is 0.830. The maximum atomic E-state index is 3.38. The van der Waals surface area contributed by atoms with E-state index in [0.717, 1.165) is 12.3 Å². The predicted octanol–water partition coefficient (Wildman–Crippen LogP) is 3.36. The van der Waals surface area contributed by atoms with Gasteiger partial charge in [-0.25, -0.2) is 0 Å². The number of rotatable bonds is 3. The van der Waals surface area contributed by atoms with Gasteiger partial charge in [0.15, 0.2) is 0 Å². The first-order valence-corrected chi connectivity index (χ1v) is 7.37. The van der Waals surface area contributed by atoms with E-state index in [1.165, 1.54) is 42.4 Å². The number of nitrogens with zero attached hydrogens (tertiary/aromatic N) is 1. The van der Waals surface area contributed by atoms with Gasteiger partial charge in [0.2, 0.25) is 0 Å². The number of H-pyrrole nitrogens is 1. The fourth-order valence-electron chi connectivity index (χ4n) is 3.62. The first-order chi connectivity index (χ1) is 9.40. The van der Waals surface area contributed by atoms with Crippen LogP contribution in [0.25, 0.3) is 10.9 Å².